The number of halogens is 3. The zero-order valence-electron chi connectivity index (χ0n) is 65.8. The Balaban J connectivity index is 0.0000216. The summed E-state index contributed by atoms with van der Waals surface area (Å²) in [5, 5.41) is 203. The lowest BCUT2D eigenvalue weighted by Gasteiger charge is -2.54. The number of aliphatic hydroxyl groups is 16. The minimum Gasteiger partial charge on any atom is -0.544 e. The highest BCUT2D eigenvalue weighted by molar-refractivity contribution is 7.12. The highest BCUT2D eigenvalue weighted by Crippen LogP contribution is 2.43. The fourth-order valence-corrected chi connectivity index (χ4v) is 14.9. The lowest BCUT2D eigenvalue weighted by molar-refractivity contribution is -0.421. The van der Waals surface area contributed by atoms with Crippen LogP contribution in [0.3, 0.4) is 0 Å². The van der Waals surface area contributed by atoms with E-state index in [-0.39, 0.29) is 28.9 Å². The molecule has 118 heavy (non-hydrogen) atoms. The van der Waals surface area contributed by atoms with E-state index in [1.807, 2.05) is 0 Å². The summed E-state index contributed by atoms with van der Waals surface area (Å²) in [4.78, 5) is 79.1. The Bertz CT molecular complexity index is 3450. The number of aliphatic carboxylic acids is 1. The van der Waals surface area contributed by atoms with Gasteiger partial charge in [0, 0.05) is 32.8 Å². The number of aliphatic hydroxyl groups excluding tert-OH is 16. The Labute approximate surface area is 680 Å². The van der Waals surface area contributed by atoms with Gasteiger partial charge in [-0.25, -0.2) is 4.79 Å². The summed E-state index contributed by atoms with van der Waals surface area (Å²) in [7, 11) is 1.09. The third kappa shape index (κ3) is 27.2. The number of carboxylic acid groups (broad SMARTS) is 1. The maximum absolute atomic E-state index is 14.1. The van der Waals surface area contributed by atoms with Gasteiger partial charge in [0.2, 0.25) is 29.4 Å². The maximum Gasteiger partial charge on any atom is 0.416 e. The lowest BCUT2D eigenvalue weighted by Crippen LogP contribution is -2.73. The molecule has 4 amide bonds. The van der Waals surface area contributed by atoms with Crippen molar-refractivity contribution in [1.29, 1.82) is 0 Å². The highest BCUT2D eigenvalue weighted by Gasteiger charge is 2.61. The molecule has 24 N–H and O–H groups in total. The van der Waals surface area contributed by atoms with Crippen LogP contribution in [0.5, 0.6) is 11.5 Å². The number of methoxy groups -OCH3 is 1. The van der Waals surface area contributed by atoms with Gasteiger partial charge in [0.15, 0.2) is 41.5 Å². The van der Waals surface area contributed by atoms with Crippen LogP contribution in [-0.2, 0) is 82.3 Å². The van der Waals surface area contributed by atoms with Crippen molar-refractivity contribution >= 4 is 52.6 Å². The number of alkyl halides is 3. The predicted octanol–water partition coefficient (Wildman–Crippen LogP) is -3.40. The number of carbonyl (C=O) groups is 6. The van der Waals surface area contributed by atoms with Gasteiger partial charge in [-0.3, -0.25) is 19.2 Å². The summed E-state index contributed by atoms with van der Waals surface area (Å²) >= 11 is 0.887. The van der Waals surface area contributed by atoms with Crippen LogP contribution in [0.2, 0.25) is 0 Å². The topological polar surface area (TPSA) is 645 Å². The monoisotopic (exact) mass is 1720 g/mol. The van der Waals surface area contributed by atoms with Gasteiger partial charge in [0.25, 0.3) is 0 Å². The number of rotatable bonds is 45. The number of nitrogens with one attached hydrogen (secondary N) is 4. The van der Waals surface area contributed by atoms with Crippen molar-refractivity contribution in [2.24, 2.45) is 0 Å². The SMILES string of the molecule is CCCCCCCCCCCCCCCCCC(=O)N[C@@H](CO[C@@H]1O[C@H](CO)[C@@H](O[C@@H]2O[C@H](CO)[C@H](O[C@@H]3O[C@H](CO)[C@H](O)[C@H](O[C@@H]4O[C@H](CO)[C@H](O)[C@H](O)[C@H]4O)[C@H]3NC(C)=O)[C@H](O[C@]3(C(=O)[O-])C[C@H](O)C(NC(C)=O)C([C@H](O)[C@H](O)CO)O3)[C@H]2O)[C@H](O)[C@H]1O)[C@H](O)/C=C/C(=O)Nc1cc(C(F)(F)F)ccc1Oc1ccsc1C(=O)OC.[NH4+]. The largest absolute Gasteiger partial charge is 0.544 e. The molecule has 1 aromatic carbocycles. The Morgan fingerprint density at radius 2 is 1.15 bits per heavy atom. The average molecular weight is 1720 g/mol. The third-order valence-corrected chi connectivity index (χ3v) is 21.4. The quantitative estimate of drug-likeness (QED) is 0.0175. The third-order valence-electron chi connectivity index (χ3n) is 20.5. The van der Waals surface area contributed by atoms with Crippen LogP contribution in [0.25, 0.3) is 0 Å². The molecule has 5 saturated heterocycles. The first-order valence-electron chi connectivity index (χ1n) is 38.8. The molecular formula is C74H116F3N5O35S. The van der Waals surface area contributed by atoms with Crippen molar-refractivity contribution in [3.05, 3.63) is 52.2 Å². The summed E-state index contributed by atoms with van der Waals surface area (Å²) in [5.74, 6) is -11.2. The van der Waals surface area contributed by atoms with Crippen molar-refractivity contribution in [1.82, 2.24) is 22.1 Å². The first kappa shape index (κ1) is 101. The van der Waals surface area contributed by atoms with Crippen molar-refractivity contribution in [2.45, 2.75) is 307 Å². The molecule has 44 heteroatoms. The molecule has 1 aromatic heterocycles. The van der Waals surface area contributed by atoms with E-state index >= 15 is 0 Å². The molecule has 6 heterocycles. The molecule has 5 fully saturated rings. The van der Waals surface area contributed by atoms with Gasteiger partial charge < -0.3 is 176 Å². The van der Waals surface area contributed by atoms with Crippen LogP contribution >= 0.6 is 11.3 Å². The summed E-state index contributed by atoms with van der Waals surface area (Å²) in [5.41, 5.74) is -1.80. The van der Waals surface area contributed by atoms with E-state index in [2.05, 4.69) is 28.2 Å². The number of carbonyl (C=O) groups excluding carboxylic acids is 6. The number of esters is 1. The molecule has 28 atom stereocenters. The van der Waals surface area contributed by atoms with E-state index in [9.17, 15) is 129 Å². The molecular weight excluding hydrogens is 1610 g/mol. The molecule has 0 saturated carbocycles. The van der Waals surface area contributed by atoms with E-state index in [0.717, 1.165) is 83.0 Å². The zero-order valence-corrected chi connectivity index (χ0v) is 66.7. The van der Waals surface area contributed by atoms with Crippen LogP contribution in [0.15, 0.2) is 41.8 Å². The Morgan fingerprint density at radius 1 is 0.627 bits per heavy atom. The molecule has 5 aliphatic rings. The second-order valence-corrected chi connectivity index (χ2v) is 30.2. The van der Waals surface area contributed by atoms with Gasteiger partial charge in [-0.05, 0) is 42.1 Å². The van der Waals surface area contributed by atoms with Gasteiger partial charge in [-0.1, -0.05) is 96.8 Å². The number of amides is 4. The molecule has 0 bridgehead atoms. The van der Waals surface area contributed by atoms with Crippen molar-refractivity contribution in [3.8, 4) is 11.5 Å². The van der Waals surface area contributed by atoms with Gasteiger partial charge in [-0.15, -0.1) is 11.3 Å². The van der Waals surface area contributed by atoms with Crippen LogP contribution in [0.4, 0.5) is 18.9 Å². The Kier molecular flexibility index (Phi) is 41.1. The average Bonchev–Trinajstić information content (AvgIpc) is 0.804. The number of carboxylic acids is 1. The molecule has 0 aliphatic carbocycles. The summed E-state index contributed by atoms with van der Waals surface area (Å²) < 4.78 is 112. The molecule has 5 aliphatic heterocycles. The summed E-state index contributed by atoms with van der Waals surface area (Å²) in [6.07, 6.45) is -42.2. The number of hydrogen-bond acceptors (Lipinski definition) is 36. The minimum atomic E-state index is -4.94. The van der Waals surface area contributed by atoms with Crippen molar-refractivity contribution in [3.63, 3.8) is 0 Å². The molecule has 0 radical (unpaired) electrons. The molecule has 2 aromatic rings. The first-order chi connectivity index (χ1) is 55.6. The number of thiophene rings is 1. The molecule has 2 unspecified atom stereocenters. The minimum absolute atomic E-state index is 0. The number of unbranched alkanes of at least 4 members (excludes halogenated alkanes) is 14. The molecule has 0 spiro atoms. The maximum atomic E-state index is 14.1. The molecule has 674 valence electrons. The van der Waals surface area contributed by atoms with E-state index in [0.29, 0.717) is 31.1 Å². The van der Waals surface area contributed by atoms with Gasteiger partial charge >= 0.3 is 12.1 Å². The van der Waals surface area contributed by atoms with Gasteiger partial charge in [-0.2, -0.15) is 13.2 Å². The van der Waals surface area contributed by atoms with E-state index in [1.54, 1.807) is 0 Å². The number of hydrogen-bond donors (Lipinski definition) is 21. The molecule has 7 rings (SSSR count). The van der Waals surface area contributed by atoms with E-state index in [1.165, 1.54) is 56.4 Å². The number of benzene rings is 1. The summed E-state index contributed by atoms with van der Waals surface area (Å²) in [6, 6.07) is -2.07. The van der Waals surface area contributed by atoms with Crippen LogP contribution in [0, 0.1) is 0 Å². The fraction of sp³-hybridized carbons (Fsp3) is 0.757. The van der Waals surface area contributed by atoms with Crippen LogP contribution in [0.1, 0.15) is 145 Å². The molecule has 40 nitrogen and oxygen atoms in total. The van der Waals surface area contributed by atoms with E-state index in [4.69, 9.17) is 56.8 Å². The normalized spacial score (nSPS) is 32.3. The van der Waals surface area contributed by atoms with Crippen molar-refractivity contribution in [2.75, 3.05) is 52.1 Å². The van der Waals surface area contributed by atoms with Crippen LogP contribution < -0.4 is 37.3 Å². The summed E-state index contributed by atoms with van der Waals surface area (Å²) in [6.45, 7) is -2.85. The second-order valence-electron chi connectivity index (χ2n) is 29.3. The highest BCUT2D eigenvalue weighted by atomic mass is 32.1. The predicted molar refractivity (Wildman–Crippen MR) is 396 cm³/mol. The second kappa shape index (κ2) is 48.2. The first-order valence-corrected chi connectivity index (χ1v) is 39.7. The lowest BCUT2D eigenvalue weighted by atomic mass is 9.88. The zero-order chi connectivity index (χ0) is 86.2. The van der Waals surface area contributed by atoms with Gasteiger partial charge in [0.1, 0.15) is 122 Å². The number of quaternary nitrogens is 1. The Hall–Kier alpha value is -6.01. The number of ether oxygens (including phenoxy) is 12. The standard InChI is InChI=1S/C74H113F3N4O35S.H3N/c1-5-6-7-8-9-10-11-12-13-14-15-16-17-18-19-20-49(92)81-39(40(89)22-24-50(93)80-38-27-37(74(75,76)77)21-23-43(38)107-44-25-26-117-66(44)67(102)105-4)34-106-69-59(100)57(98)61(47(32-85)110-69)112-71-60(101)65(116-73(72(103)104)28-41(90)51(78-35(2)87)64(115-73)53(94)42(91)29-82)62(48(33-86)111-71)113-68-52(79-36(3)88)63(55(96)46(31-84)108-68)114-70-58(99)56(97)54(95)45(30-83)109-70;/h21-27,39-42,45-48,51-65,68-71,82-86,89-91,94-101H,5-20,28-34H2,1-4H3,(H,78,87)(H,79,88)(H,80,93)(H,81,92)(H,103,104);1H3/b24-22+;/t39-,40+,41-,42+,45+,46+,47+,48+,51?,52+,53+,54-,55-,56-,57+,58+,59+,60+,61+,62-,63+,64?,65+,68-,69+,70-,71-,73-;/m0./s1. The smallest absolute Gasteiger partial charge is 0.416 e. The van der Waals surface area contributed by atoms with E-state index < -0.39 is 270 Å². The Morgan fingerprint density at radius 3 is 1.72 bits per heavy atom. The van der Waals surface area contributed by atoms with Crippen LogP contribution in [-0.4, -0.2) is 335 Å². The fourth-order valence-electron chi connectivity index (χ4n) is 14.1. The van der Waals surface area contributed by atoms with Gasteiger partial charge in [0.05, 0.1) is 82.3 Å². The van der Waals surface area contributed by atoms with Crippen molar-refractivity contribution < 1.29 is 186 Å². The number of anilines is 1.